The van der Waals surface area contributed by atoms with Gasteiger partial charge in [0.15, 0.2) is 0 Å². The Kier molecular flexibility index (Phi) is 6.83. The highest BCUT2D eigenvalue weighted by Crippen LogP contribution is 2.16. The summed E-state index contributed by atoms with van der Waals surface area (Å²) in [4.78, 5) is 12.2. The second-order valence-electron chi connectivity index (χ2n) is 5.54. The van der Waals surface area contributed by atoms with Crippen LogP contribution in [0.4, 0.5) is 5.69 Å². The molecule has 0 spiro atoms. The van der Waals surface area contributed by atoms with E-state index in [4.69, 9.17) is 9.47 Å². The van der Waals surface area contributed by atoms with Crippen LogP contribution in [-0.4, -0.2) is 37.9 Å². The lowest BCUT2D eigenvalue weighted by atomic mass is 10.1. The fraction of sp³-hybridized carbons (Fsp3) is 0.588. The standard InChI is InChI=1S/C17H26N2O3/c1-3-18-11-14-7-4-5-9-16(14)19-17(20)13(2)22-12-15-8-6-10-21-15/h4-5,7,9,13,15,18H,3,6,8,10-12H2,1-2H3,(H,19,20). The van der Waals surface area contributed by atoms with Crippen LogP contribution in [0.1, 0.15) is 32.3 Å². The molecule has 1 heterocycles. The van der Waals surface area contributed by atoms with E-state index >= 15 is 0 Å². The lowest BCUT2D eigenvalue weighted by molar-refractivity contribution is -0.128. The fourth-order valence-electron chi connectivity index (χ4n) is 2.39. The van der Waals surface area contributed by atoms with Gasteiger partial charge in [-0.3, -0.25) is 4.79 Å². The predicted octanol–water partition coefficient (Wildman–Crippen LogP) is 2.32. The van der Waals surface area contributed by atoms with Crippen molar-refractivity contribution in [2.75, 3.05) is 25.1 Å². The van der Waals surface area contributed by atoms with Gasteiger partial charge in [0, 0.05) is 18.8 Å². The second-order valence-corrected chi connectivity index (χ2v) is 5.54. The van der Waals surface area contributed by atoms with Gasteiger partial charge in [0.25, 0.3) is 5.91 Å². The van der Waals surface area contributed by atoms with Crippen molar-refractivity contribution in [1.29, 1.82) is 0 Å². The first-order chi connectivity index (χ1) is 10.7. The Morgan fingerprint density at radius 3 is 3.00 bits per heavy atom. The maximum atomic E-state index is 12.2. The Morgan fingerprint density at radius 2 is 2.27 bits per heavy atom. The summed E-state index contributed by atoms with van der Waals surface area (Å²) in [6, 6.07) is 7.82. The maximum absolute atomic E-state index is 12.2. The van der Waals surface area contributed by atoms with E-state index in [-0.39, 0.29) is 12.0 Å². The molecule has 0 aliphatic carbocycles. The Labute approximate surface area is 132 Å². The van der Waals surface area contributed by atoms with Crippen LogP contribution < -0.4 is 10.6 Å². The average Bonchev–Trinajstić information content (AvgIpc) is 3.05. The topological polar surface area (TPSA) is 59.6 Å². The molecule has 0 saturated carbocycles. The maximum Gasteiger partial charge on any atom is 0.253 e. The third-order valence-corrected chi connectivity index (χ3v) is 3.77. The average molecular weight is 306 g/mol. The Balaban J connectivity index is 1.84. The van der Waals surface area contributed by atoms with Gasteiger partial charge < -0.3 is 20.1 Å². The summed E-state index contributed by atoms with van der Waals surface area (Å²) < 4.78 is 11.1. The predicted molar refractivity (Wildman–Crippen MR) is 86.8 cm³/mol. The molecule has 0 radical (unpaired) electrons. The van der Waals surface area contributed by atoms with E-state index in [1.54, 1.807) is 6.92 Å². The molecule has 1 amide bonds. The van der Waals surface area contributed by atoms with Crippen molar-refractivity contribution in [3.8, 4) is 0 Å². The zero-order chi connectivity index (χ0) is 15.8. The molecule has 0 bridgehead atoms. The van der Waals surface area contributed by atoms with Crippen LogP contribution >= 0.6 is 0 Å². The van der Waals surface area contributed by atoms with Crippen molar-refractivity contribution in [3.05, 3.63) is 29.8 Å². The number of rotatable bonds is 8. The van der Waals surface area contributed by atoms with Gasteiger partial charge in [0.1, 0.15) is 6.10 Å². The van der Waals surface area contributed by atoms with Gasteiger partial charge >= 0.3 is 0 Å². The van der Waals surface area contributed by atoms with Gasteiger partial charge in [-0.2, -0.15) is 0 Å². The molecular formula is C17H26N2O3. The molecule has 1 aliphatic rings. The molecule has 0 aromatic heterocycles. The number of hydrogen-bond acceptors (Lipinski definition) is 4. The smallest absolute Gasteiger partial charge is 0.253 e. The first-order valence-electron chi connectivity index (χ1n) is 8.03. The first-order valence-corrected chi connectivity index (χ1v) is 8.03. The number of benzene rings is 1. The highest BCUT2D eigenvalue weighted by Gasteiger charge is 2.20. The molecule has 5 heteroatoms. The van der Waals surface area contributed by atoms with Crippen LogP contribution in [-0.2, 0) is 20.8 Å². The Bertz CT molecular complexity index is 473. The number of para-hydroxylation sites is 1. The Morgan fingerprint density at radius 1 is 1.45 bits per heavy atom. The van der Waals surface area contributed by atoms with Gasteiger partial charge in [-0.25, -0.2) is 0 Å². The molecule has 1 fully saturated rings. The number of hydrogen-bond donors (Lipinski definition) is 2. The lowest BCUT2D eigenvalue weighted by Crippen LogP contribution is -2.31. The quantitative estimate of drug-likeness (QED) is 0.774. The van der Waals surface area contributed by atoms with E-state index in [0.29, 0.717) is 6.61 Å². The van der Waals surface area contributed by atoms with Gasteiger partial charge in [0.05, 0.1) is 12.7 Å². The van der Waals surface area contributed by atoms with Crippen molar-refractivity contribution in [2.24, 2.45) is 0 Å². The molecule has 122 valence electrons. The van der Waals surface area contributed by atoms with Gasteiger partial charge in [0.2, 0.25) is 0 Å². The van der Waals surface area contributed by atoms with Crippen molar-refractivity contribution < 1.29 is 14.3 Å². The second kappa shape index (κ2) is 8.88. The molecule has 2 unspecified atom stereocenters. The highest BCUT2D eigenvalue weighted by atomic mass is 16.5. The van der Waals surface area contributed by atoms with Gasteiger partial charge in [-0.05, 0) is 37.9 Å². The normalized spacial score (nSPS) is 19.1. The SMILES string of the molecule is CCNCc1ccccc1NC(=O)C(C)OCC1CCCO1. The fourth-order valence-corrected chi connectivity index (χ4v) is 2.39. The van der Waals surface area contributed by atoms with E-state index in [1.807, 2.05) is 24.3 Å². The monoisotopic (exact) mass is 306 g/mol. The van der Waals surface area contributed by atoms with Crippen LogP contribution in [0.3, 0.4) is 0 Å². The molecule has 2 rings (SSSR count). The summed E-state index contributed by atoms with van der Waals surface area (Å²) in [5, 5.41) is 6.22. The van der Waals surface area contributed by atoms with Crippen molar-refractivity contribution in [2.45, 2.75) is 45.4 Å². The molecule has 1 saturated heterocycles. The number of carbonyl (C=O) groups is 1. The van der Waals surface area contributed by atoms with E-state index < -0.39 is 6.10 Å². The number of nitrogens with one attached hydrogen (secondary N) is 2. The van der Waals surface area contributed by atoms with Crippen molar-refractivity contribution in [1.82, 2.24) is 5.32 Å². The summed E-state index contributed by atoms with van der Waals surface area (Å²) in [6.07, 6.45) is 1.74. The number of carbonyl (C=O) groups excluding carboxylic acids is 1. The van der Waals surface area contributed by atoms with Crippen molar-refractivity contribution >= 4 is 11.6 Å². The Hall–Kier alpha value is -1.43. The van der Waals surface area contributed by atoms with Crippen molar-refractivity contribution in [3.63, 3.8) is 0 Å². The summed E-state index contributed by atoms with van der Waals surface area (Å²) in [7, 11) is 0. The van der Waals surface area contributed by atoms with Gasteiger partial charge in [-0.1, -0.05) is 25.1 Å². The molecule has 2 atom stereocenters. The minimum absolute atomic E-state index is 0.123. The molecule has 1 aromatic carbocycles. The molecule has 22 heavy (non-hydrogen) atoms. The number of amides is 1. The van der Waals surface area contributed by atoms with Gasteiger partial charge in [-0.15, -0.1) is 0 Å². The minimum atomic E-state index is -0.489. The van der Waals surface area contributed by atoms with E-state index in [0.717, 1.165) is 43.8 Å². The molecule has 2 N–H and O–H groups in total. The van der Waals surface area contributed by atoms with Crippen LogP contribution in [0.15, 0.2) is 24.3 Å². The van der Waals surface area contributed by atoms with E-state index in [9.17, 15) is 4.79 Å². The zero-order valence-corrected chi connectivity index (χ0v) is 13.4. The largest absolute Gasteiger partial charge is 0.376 e. The first kappa shape index (κ1) is 16.9. The third-order valence-electron chi connectivity index (χ3n) is 3.77. The van der Waals surface area contributed by atoms with Crippen LogP contribution in [0, 0.1) is 0 Å². The summed E-state index contributed by atoms with van der Waals surface area (Å²) in [5.74, 6) is -0.123. The molecule has 5 nitrogen and oxygen atoms in total. The summed E-state index contributed by atoms with van der Waals surface area (Å²) in [5.41, 5.74) is 1.91. The zero-order valence-electron chi connectivity index (χ0n) is 13.4. The highest BCUT2D eigenvalue weighted by molar-refractivity contribution is 5.94. The number of ether oxygens (including phenoxy) is 2. The van der Waals surface area contributed by atoms with E-state index in [2.05, 4.69) is 17.6 Å². The lowest BCUT2D eigenvalue weighted by Gasteiger charge is -2.17. The minimum Gasteiger partial charge on any atom is -0.376 e. The summed E-state index contributed by atoms with van der Waals surface area (Å²) in [6.45, 7) is 6.74. The van der Waals surface area contributed by atoms with Crippen LogP contribution in [0.5, 0.6) is 0 Å². The molecular weight excluding hydrogens is 280 g/mol. The number of anilines is 1. The molecule has 1 aliphatic heterocycles. The van der Waals surface area contributed by atoms with E-state index in [1.165, 1.54) is 0 Å². The van der Waals surface area contributed by atoms with Crippen LogP contribution in [0.2, 0.25) is 0 Å². The third kappa shape index (κ3) is 5.09. The van der Waals surface area contributed by atoms with Crippen LogP contribution in [0.25, 0.3) is 0 Å². The molecule has 1 aromatic rings. The summed E-state index contributed by atoms with van der Waals surface area (Å²) >= 11 is 0.